The first-order valence-electron chi connectivity index (χ1n) is 11.8. The molecule has 3 aliphatic rings. The van der Waals surface area contributed by atoms with Crippen LogP contribution in [-0.4, -0.2) is 52.1 Å². The molecule has 1 aliphatic carbocycles. The summed E-state index contributed by atoms with van der Waals surface area (Å²) in [5.41, 5.74) is 8.56. The molecule has 0 spiro atoms. The summed E-state index contributed by atoms with van der Waals surface area (Å²) in [4.78, 5) is 35.2. The fourth-order valence-corrected chi connectivity index (χ4v) is 5.36. The monoisotopic (exact) mass is 447 g/mol. The average molecular weight is 448 g/mol. The van der Waals surface area contributed by atoms with Crippen molar-refractivity contribution < 1.29 is 4.84 Å². The molecule has 0 bridgehead atoms. The van der Waals surface area contributed by atoms with Crippen molar-refractivity contribution in [2.45, 2.75) is 51.0 Å². The Morgan fingerprint density at radius 2 is 2.03 bits per heavy atom. The van der Waals surface area contributed by atoms with Crippen molar-refractivity contribution in [2.24, 2.45) is 0 Å². The fraction of sp³-hybridized carbons (Fsp3) is 0.458. The van der Waals surface area contributed by atoms with Gasteiger partial charge in [0.25, 0.3) is 5.56 Å². The van der Waals surface area contributed by atoms with Gasteiger partial charge in [0.2, 0.25) is 0 Å². The van der Waals surface area contributed by atoms with Gasteiger partial charge in [-0.25, -0.2) is 0 Å². The van der Waals surface area contributed by atoms with Crippen LogP contribution >= 0.6 is 0 Å². The highest BCUT2D eigenvalue weighted by molar-refractivity contribution is 5.74. The minimum atomic E-state index is -0.0681. The number of rotatable bonds is 5. The third kappa shape index (κ3) is 3.47. The maximum atomic E-state index is 12.2. The van der Waals surface area contributed by atoms with Crippen LogP contribution in [0.4, 0.5) is 5.69 Å². The van der Waals surface area contributed by atoms with E-state index in [1.165, 1.54) is 12.8 Å². The van der Waals surface area contributed by atoms with Crippen molar-refractivity contribution in [3.63, 3.8) is 0 Å². The molecule has 0 amide bonds. The first kappa shape index (κ1) is 20.6. The van der Waals surface area contributed by atoms with Crippen LogP contribution in [0.25, 0.3) is 11.0 Å². The van der Waals surface area contributed by atoms with Crippen LogP contribution in [0.3, 0.4) is 0 Å². The molecule has 9 heteroatoms. The maximum absolute atomic E-state index is 12.2. The molecule has 2 aliphatic heterocycles. The highest BCUT2D eigenvalue weighted by Crippen LogP contribution is 2.39. The Bertz CT molecular complexity index is 1260. The van der Waals surface area contributed by atoms with Crippen LogP contribution in [0.2, 0.25) is 0 Å². The highest BCUT2D eigenvalue weighted by atomic mass is 16.7. The van der Waals surface area contributed by atoms with Crippen molar-refractivity contribution in [1.82, 2.24) is 30.6 Å². The second-order valence-corrected chi connectivity index (χ2v) is 9.15. The highest BCUT2D eigenvalue weighted by Gasteiger charge is 2.43. The number of nitrogens with one attached hydrogen (secondary N) is 3. The SMILES string of the molecule is CCc1cc2ncc(CN3CCN(c4cnc5c(c4)ONC5NC)[C@H]4CC[C@@H]43)cc2[nH]c1=O. The van der Waals surface area contributed by atoms with Crippen molar-refractivity contribution in [2.75, 3.05) is 25.0 Å². The number of hydrogen-bond donors (Lipinski definition) is 3. The lowest BCUT2D eigenvalue weighted by atomic mass is 9.81. The Kier molecular flexibility index (Phi) is 5.05. The van der Waals surface area contributed by atoms with E-state index in [0.717, 1.165) is 58.9 Å². The van der Waals surface area contributed by atoms with Crippen LogP contribution in [0, 0.1) is 0 Å². The van der Waals surface area contributed by atoms with E-state index < -0.39 is 0 Å². The van der Waals surface area contributed by atoms with E-state index in [0.29, 0.717) is 18.5 Å². The molecule has 3 atom stereocenters. The van der Waals surface area contributed by atoms with Crippen LogP contribution in [0.15, 0.2) is 35.4 Å². The third-order valence-electron chi connectivity index (χ3n) is 7.34. The molecular weight excluding hydrogens is 418 g/mol. The summed E-state index contributed by atoms with van der Waals surface area (Å²) in [6.07, 6.45) is 6.93. The summed E-state index contributed by atoms with van der Waals surface area (Å²) in [7, 11) is 1.88. The number of nitrogens with zero attached hydrogens (tertiary/aromatic N) is 4. The summed E-state index contributed by atoms with van der Waals surface area (Å²) < 4.78 is 0. The van der Waals surface area contributed by atoms with Gasteiger partial charge in [0.15, 0.2) is 5.75 Å². The van der Waals surface area contributed by atoms with Gasteiger partial charge in [-0.15, -0.1) is 5.48 Å². The van der Waals surface area contributed by atoms with Gasteiger partial charge in [0.1, 0.15) is 11.9 Å². The lowest BCUT2D eigenvalue weighted by Crippen LogP contribution is -2.64. The van der Waals surface area contributed by atoms with E-state index in [9.17, 15) is 4.79 Å². The summed E-state index contributed by atoms with van der Waals surface area (Å²) >= 11 is 0. The maximum Gasteiger partial charge on any atom is 0.251 e. The molecule has 33 heavy (non-hydrogen) atoms. The van der Waals surface area contributed by atoms with Crippen LogP contribution in [0.1, 0.15) is 42.8 Å². The quantitative estimate of drug-likeness (QED) is 0.545. The summed E-state index contributed by atoms with van der Waals surface area (Å²) in [6, 6.07) is 7.07. The third-order valence-corrected chi connectivity index (χ3v) is 7.34. The van der Waals surface area contributed by atoms with Crippen molar-refractivity contribution in [3.05, 3.63) is 57.8 Å². The molecule has 6 rings (SSSR count). The number of hydroxylamine groups is 1. The van der Waals surface area contributed by atoms with E-state index in [4.69, 9.17) is 4.84 Å². The number of aromatic amines is 1. The average Bonchev–Trinajstić information content (AvgIpc) is 3.22. The second-order valence-electron chi connectivity index (χ2n) is 9.15. The summed E-state index contributed by atoms with van der Waals surface area (Å²) in [6.45, 7) is 4.75. The lowest BCUT2D eigenvalue weighted by Gasteiger charge is -2.54. The van der Waals surface area contributed by atoms with Gasteiger partial charge in [0.05, 0.1) is 22.9 Å². The van der Waals surface area contributed by atoms with Crippen molar-refractivity contribution in [1.29, 1.82) is 0 Å². The Labute approximate surface area is 192 Å². The number of pyridine rings is 3. The van der Waals surface area contributed by atoms with Crippen molar-refractivity contribution >= 4 is 16.7 Å². The van der Waals surface area contributed by atoms with Gasteiger partial charge >= 0.3 is 0 Å². The van der Waals surface area contributed by atoms with E-state index in [1.807, 2.05) is 32.4 Å². The number of anilines is 1. The van der Waals surface area contributed by atoms with Gasteiger partial charge in [-0.2, -0.15) is 0 Å². The topological polar surface area (TPSA) is 98.4 Å². The van der Waals surface area contributed by atoms with E-state index in [-0.39, 0.29) is 11.7 Å². The minimum absolute atomic E-state index is 0.0141. The lowest BCUT2D eigenvalue weighted by molar-refractivity contribution is 0.0658. The van der Waals surface area contributed by atoms with Gasteiger partial charge < -0.3 is 14.7 Å². The molecule has 9 nitrogen and oxygen atoms in total. The first-order valence-corrected chi connectivity index (χ1v) is 11.8. The smallest absolute Gasteiger partial charge is 0.251 e. The van der Waals surface area contributed by atoms with Crippen LogP contribution in [-0.2, 0) is 13.0 Å². The van der Waals surface area contributed by atoms with E-state index in [1.54, 1.807) is 0 Å². The largest absolute Gasteiger partial charge is 0.405 e. The normalized spacial score (nSPS) is 24.3. The number of aromatic nitrogens is 3. The zero-order chi connectivity index (χ0) is 22.5. The zero-order valence-corrected chi connectivity index (χ0v) is 19.0. The number of aryl methyl sites for hydroxylation is 1. The van der Waals surface area contributed by atoms with Gasteiger partial charge in [-0.05, 0) is 44.0 Å². The first-order chi connectivity index (χ1) is 16.1. The number of H-pyrrole nitrogens is 1. The number of piperazine rings is 1. The van der Waals surface area contributed by atoms with E-state index in [2.05, 4.69) is 47.7 Å². The Morgan fingerprint density at radius 3 is 2.82 bits per heavy atom. The number of fused-ring (bicyclic) bond motifs is 3. The molecule has 1 saturated heterocycles. The van der Waals surface area contributed by atoms with Crippen LogP contribution in [0.5, 0.6) is 5.75 Å². The molecule has 5 heterocycles. The number of hydrogen-bond acceptors (Lipinski definition) is 8. The minimum Gasteiger partial charge on any atom is -0.405 e. The van der Waals surface area contributed by atoms with E-state index >= 15 is 0 Å². The van der Waals surface area contributed by atoms with Crippen LogP contribution < -0.4 is 26.1 Å². The molecule has 0 aromatic carbocycles. The summed E-state index contributed by atoms with van der Waals surface area (Å²) in [5.74, 6) is 0.799. The molecule has 1 unspecified atom stereocenters. The molecule has 172 valence electrons. The Morgan fingerprint density at radius 1 is 1.15 bits per heavy atom. The second kappa shape index (κ2) is 8.09. The molecule has 2 fully saturated rings. The van der Waals surface area contributed by atoms with Gasteiger partial charge in [-0.3, -0.25) is 25.0 Å². The zero-order valence-electron chi connectivity index (χ0n) is 19.0. The fourth-order valence-electron chi connectivity index (χ4n) is 5.36. The Balaban J connectivity index is 1.19. The van der Waals surface area contributed by atoms with Gasteiger partial charge in [-0.1, -0.05) is 6.92 Å². The van der Waals surface area contributed by atoms with Crippen molar-refractivity contribution in [3.8, 4) is 5.75 Å². The van der Waals surface area contributed by atoms with Gasteiger partial charge in [0, 0.05) is 49.5 Å². The summed E-state index contributed by atoms with van der Waals surface area (Å²) in [5, 5.41) is 3.15. The predicted molar refractivity (Wildman–Crippen MR) is 126 cm³/mol. The molecular formula is C24H29N7O2. The molecule has 0 radical (unpaired) electrons. The molecule has 3 N–H and O–H groups in total. The standard InChI is InChI=1S/C24H29N7O2/c1-3-15-9-17-18(28-24(15)32)8-14(11-26-17)13-30-6-7-31(20-5-4-19(20)30)16-10-21-22(27-12-16)23(25-2)29-33-21/h8-12,19-20,23,25,29H,3-7,13H2,1-2H3,(H,28,32)/t19-,20-,23?/m0/s1. The molecule has 3 aromatic rings. The predicted octanol–water partition coefficient (Wildman–Crippen LogP) is 1.85. The molecule has 3 aromatic heterocycles. The molecule has 1 saturated carbocycles. The Hall–Kier alpha value is -3.01.